The average Bonchev–Trinajstić information content (AvgIpc) is 3.06. The van der Waals surface area contributed by atoms with Crippen LogP contribution >= 0.6 is 0 Å². The lowest BCUT2D eigenvalue weighted by molar-refractivity contribution is -0.0552. The van der Waals surface area contributed by atoms with Crippen molar-refractivity contribution in [2.75, 3.05) is 0 Å². The van der Waals surface area contributed by atoms with Gasteiger partial charge in [0.2, 0.25) is 0 Å². The Labute approximate surface area is 170 Å². The van der Waals surface area contributed by atoms with Crippen LogP contribution < -0.4 is 5.32 Å². The molecule has 1 aliphatic heterocycles. The van der Waals surface area contributed by atoms with E-state index in [1.807, 2.05) is 12.4 Å². The van der Waals surface area contributed by atoms with E-state index in [2.05, 4.69) is 55.5 Å². The van der Waals surface area contributed by atoms with Crippen LogP contribution in [0.3, 0.4) is 0 Å². The predicted octanol–water partition coefficient (Wildman–Crippen LogP) is 5.29. The van der Waals surface area contributed by atoms with Crippen molar-refractivity contribution in [1.82, 2.24) is 10.2 Å². The van der Waals surface area contributed by atoms with Gasteiger partial charge in [-0.05, 0) is 74.0 Å². The molecule has 28 heavy (non-hydrogen) atoms. The minimum absolute atomic E-state index is 0.117. The van der Waals surface area contributed by atoms with Crippen molar-refractivity contribution < 1.29 is 5.11 Å². The maximum absolute atomic E-state index is 10.3. The second kappa shape index (κ2) is 6.52. The fourth-order valence-electron chi connectivity index (χ4n) is 7.66. The van der Waals surface area contributed by atoms with E-state index in [-0.39, 0.29) is 11.5 Å². The van der Waals surface area contributed by atoms with Gasteiger partial charge in [0.05, 0.1) is 6.10 Å². The molecule has 3 heteroatoms. The summed E-state index contributed by atoms with van der Waals surface area (Å²) in [5.74, 6) is 2.97. The summed E-state index contributed by atoms with van der Waals surface area (Å²) in [6.07, 6.45) is 21.6. The van der Waals surface area contributed by atoms with Crippen LogP contribution in [0.4, 0.5) is 0 Å². The van der Waals surface area contributed by atoms with E-state index in [9.17, 15) is 5.11 Å². The van der Waals surface area contributed by atoms with Crippen molar-refractivity contribution in [3.63, 3.8) is 0 Å². The van der Waals surface area contributed by atoms with Crippen molar-refractivity contribution in [2.24, 2.45) is 34.5 Å². The standard InChI is InChI=1S/C25H36N2O/c1-4-17-15-18-16-19(28)7-9-24(18,2)21-8-10-25(3)20(23(17)21)5-6-22(25)27-13-11-26-12-14-27/h6,11-15,17,19-21,23,26,28H,4-5,7-10,16H2,1-3H3/t17?,19-,20-,21-,23-,24-,25-/m0/s1. The highest BCUT2D eigenvalue weighted by Gasteiger charge is 2.59. The molecule has 0 aromatic rings. The van der Waals surface area contributed by atoms with E-state index in [4.69, 9.17) is 0 Å². The lowest BCUT2D eigenvalue weighted by atomic mass is 9.45. The number of aliphatic hydroxyl groups is 1. The van der Waals surface area contributed by atoms with Crippen molar-refractivity contribution in [3.8, 4) is 0 Å². The number of fused-ring (bicyclic) bond motifs is 5. The zero-order valence-electron chi connectivity index (χ0n) is 17.7. The summed E-state index contributed by atoms with van der Waals surface area (Å²) < 4.78 is 0. The van der Waals surface area contributed by atoms with Crippen LogP contribution in [0.1, 0.15) is 65.7 Å². The summed E-state index contributed by atoms with van der Waals surface area (Å²) in [5.41, 5.74) is 3.69. The smallest absolute Gasteiger partial charge is 0.0577 e. The number of hydrogen-bond acceptors (Lipinski definition) is 3. The summed E-state index contributed by atoms with van der Waals surface area (Å²) in [6, 6.07) is 0. The Morgan fingerprint density at radius 1 is 1.11 bits per heavy atom. The minimum Gasteiger partial charge on any atom is -0.393 e. The molecule has 7 atom stereocenters. The van der Waals surface area contributed by atoms with Gasteiger partial charge in [-0.25, -0.2) is 0 Å². The molecule has 3 nitrogen and oxygen atoms in total. The van der Waals surface area contributed by atoms with Crippen LogP contribution in [0.25, 0.3) is 0 Å². The molecule has 1 heterocycles. The van der Waals surface area contributed by atoms with Gasteiger partial charge >= 0.3 is 0 Å². The first-order chi connectivity index (χ1) is 13.5. The Kier molecular flexibility index (Phi) is 4.32. The molecule has 1 unspecified atom stereocenters. The Bertz CT molecular complexity index is 753. The van der Waals surface area contributed by atoms with Gasteiger partial charge in [0.15, 0.2) is 0 Å². The fourth-order valence-corrected chi connectivity index (χ4v) is 7.66. The zero-order chi connectivity index (χ0) is 19.5. The Hall–Kier alpha value is -1.48. The Balaban J connectivity index is 1.50. The minimum atomic E-state index is -0.117. The third kappa shape index (κ3) is 2.51. The number of nitrogens with zero attached hydrogens (tertiary/aromatic N) is 1. The maximum Gasteiger partial charge on any atom is 0.0577 e. The monoisotopic (exact) mass is 380 g/mol. The molecule has 5 rings (SSSR count). The van der Waals surface area contributed by atoms with Gasteiger partial charge in [0, 0.05) is 35.9 Å². The molecule has 0 aromatic carbocycles. The first-order valence-corrected chi connectivity index (χ1v) is 11.4. The molecular formula is C25H36N2O. The van der Waals surface area contributed by atoms with E-state index in [1.54, 1.807) is 5.57 Å². The topological polar surface area (TPSA) is 35.5 Å². The maximum atomic E-state index is 10.3. The van der Waals surface area contributed by atoms with E-state index in [0.29, 0.717) is 11.3 Å². The van der Waals surface area contributed by atoms with Crippen molar-refractivity contribution in [2.45, 2.75) is 71.8 Å². The zero-order valence-corrected chi connectivity index (χ0v) is 17.7. The average molecular weight is 381 g/mol. The van der Waals surface area contributed by atoms with Crippen LogP contribution in [0.5, 0.6) is 0 Å². The van der Waals surface area contributed by atoms with E-state index < -0.39 is 0 Å². The lowest BCUT2D eigenvalue weighted by Gasteiger charge is -2.60. The summed E-state index contributed by atoms with van der Waals surface area (Å²) >= 11 is 0. The second-order valence-electron chi connectivity index (χ2n) is 10.4. The molecule has 0 bridgehead atoms. The molecule has 152 valence electrons. The first kappa shape index (κ1) is 18.5. The van der Waals surface area contributed by atoms with Gasteiger partial charge in [-0.2, -0.15) is 0 Å². The van der Waals surface area contributed by atoms with Crippen LogP contribution in [-0.4, -0.2) is 16.1 Å². The molecule has 2 N–H and O–H groups in total. The first-order valence-electron chi connectivity index (χ1n) is 11.4. The number of hydrogen-bond donors (Lipinski definition) is 2. The van der Waals surface area contributed by atoms with E-state index >= 15 is 0 Å². The normalized spacial score (nSPS) is 46.9. The molecule has 0 radical (unpaired) electrons. The van der Waals surface area contributed by atoms with E-state index in [1.165, 1.54) is 37.8 Å². The van der Waals surface area contributed by atoms with Crippen LogP contribution in [-0.2, 0) is 0 Å². The molecule has 0 aromatic heterocycles. The SMILES string of the molecule is CCC1C=C2C[C@@H](O)CC[C@]2(C)[C@H]2CC[C@]3(C)C(N4C=CNC=C4)=CC[C@H]3[C@H]12. The van der Waals surface area contributed by atoms with Crippen LogP contribution in [0.15, 0.2) is 48.2 Å². The van der Waals surface area contributed by atoms with Gasteiger partial charge < -0.3 is 15.3 Å². The molecular weight excluding hydrogens is 344 g/mol. The van der Waals surface area contributed by atoms with Crippen LogP contribution in [0, 0.1) is 34.5 Å². The number of rotatable bonds is 2. The van der Waals surface area contributed by atoms with Gasteiger partial charge in [-0.1, -0.05) is 38.5 Å². The van der Waals surface area contributed by atoms with E-state index in [0.717, 1.165) is 30.6 Å². The van der Waals surface area contributed by atoms with Crippen molar-refractivity contribution in [3.05, 3.63) is 48.2 Å². The molecule has 5 aliphatic rings. The third-order valence-corrected chi connectivity index (χ3v) is 9.20. The summed E-state index contributed by atoms with van der Waals surface area (Å²) in [5, 5.41) is 13.5. The van der Waals surface area contributed by atoms with Crippen molar-refractivity contribution in [1.29, 1.82) is 0 Å². The number of aliphatic hydroxyl groups excluding tert-OH is 1. The highest BCUT2D eigenvalue weighted by Crippen LogP contribution is 2.66. The quantitative estimate of drug-likeness (QED) is 0.639. The molecule has 0 spiro atoms. The Morgan fingerprint density at radius 2 is 1.86 bits per heavy atom. The molecule has 0 amide bonds. The summed E-state index contributed by atoms with van der Waals surface area (Å²) in [6.45, 7) is 7.44. The van der Waals surface area contributed by atoms with Crippen molar-refractivity contribution >= 4 is 0 Å². The molecule has 0 saturated heterocycles. The largest absolute Gasteiger partial charge is 0.393 e. The predicted molar refractivity (Wildman–Crippen MR) is 114 cm³/mol. The molecule has 4 aliphatic carbocycles. The van der Waals surface area contributed by atoms with Crippen LogP contribution in [0.2, 0.25) is 0 Å². The van der Waals surface area contributed by atoms with Gasteiger partial charge in [0.25, 0.3) is 0 Å². The second-order valence-corrected chi connectivity index (χ2v) is 10.4. The van der Waals surface area contributed by atoms with Gasteiger partial charge in [0.1, 0.15) is 0 Å². The fraction of sp³-hybridized carbons (Fsp3) is 0.680. The highest BCUT2D eigenvalue weighted by atomic mass is 16.3. The number of nitrogens with one attached hydrogen (secondary N) is 1. The van der Waals surface area contributed by atoms with Gasteiger partial charge in [-0.15, -0.1) is 0 Å². The Morgan fingerprint density at radius 3 is 2.61 bits per heavy atom. The highest BCUT2D eigenvalue weighted by molar-refractivity contribution is 5.32. The third-order valence-electron chi connectivity index (χ3n) is 9.20. The summed E-state index contributed by atoms with van der Waals surface area (Å²) in [4.78, 5) is 2.35. The lowest BCUT2D eigenvalue weighted by Crippen LogP contribution is -2.53. The van der Waals surface area contributed by atoms with Gasteiger partial charge in [-0.3, -0.25) is 0 Å². The molecule has 2 fully saturated rings. The summed E-state index contributed by atoms with van der Waals surface area (Å²) in [7, 11) is 0. The number of allylic oxidation sites excluding steroid dienone is 3. The molecule has 2 saturated carbocycles.